The molecule has 7 heteroatoms. The number of nitrogens with one attached hydrogen (secondary N) is 2. The van der Waals surface area contributed by atoms with Gasteiger partial charge in [0.2, 0.25) is 17.8 Å². The summed E-state index contributed by atoms with van der Waals surface area (Å²) < 4.78 is 0. The highest BCUT2D eigenvalue weighted by atomic mass is 32.2. The molecule has 1 saturated heterocycles. The second kappa shape index (κ2) is 6.39. The molecule has 2 amide bonds. The third-order valence-corrected chi connectivity index (χ3v) is 4.61. The molecule has 0 unspecified atom stereocenters. The van der Waals surface area contributed by atoms with Gasteiger partial charge in [-0.15, -0.1) is 11.8 Å². The van der Waals surface area contributed by atoms with E-state index in [1.165, 1.54) is 0 Å². The van der Waals surface area contributed by atoms with Gasteiger partial charge in [-0.1, -0.05) is 19.1 Å². The highest BCUT2D eigenvalue weighted by Gasteiger charge is 2.34. The van der Waals surface area contributed by atoms with Crippen LogP contribution < -0.4 is 5.32 Å². The van der Waals surface area contributed by atoms with Crippen LogP contribution in [0.1, 0.15) is 19.8 Å². The van der Waals surface area contributed by atoms with Gasteiger partial charge in [0.05, 0.1) is 16.9 Å². The summed E-state index contributed by atoms with van der Waals surface area (Å²) in [5.41, 5.74) is 1.68. The minimum Gasteiger partial charge on any atom is -0.324 e. The first kappa shape index (κ1) is 14.9. The van der Waals surface area contributed by atoms with Gasteiger partial charge in [0.1, 0.15) is 6.04 Å². The lowest BCUT2D eigenvalue weighted by atomic mass is 10.2. The Bertz CT molecular complexity index is 667. The normalized spacial score (nSPS) is 17.9. The smallest absolute Gasteiger partial charge is 0.250 e. The van der Waals surface area contributed by atoms with Crippen molar-refractivity contribution in [2.45, 2.75) is 25.8 Å². The summed E-state index contributed by atoms with van der Waals surface area (Å²) in [6, 6.07) is 7.17. The van der Waals surface area contributed by atoms with Crippen molar-refractivity contribution in [3.8, 4) is 0 Å². The summed E-state index contributed by atoms with van der Waals surface area (Å²) in [6.45, 7) is 1.96. The second-order valence-corrected chi connectivity index (χ2v) is 6.22. The number of anilines is 1. The van der Waals surface area contributed by atoms with Crippen LogP contribution in [-0.2, 0) is 9.59 Å². The fourth-order valence-electron chi connectivity index (χ4n) is 2.48. The summed E-state index contributed by atoms with van der Waals surface area (Å²) in [7, 11) is 0. The van der Waals surface area contributed by atoms with Crippen molar-refractivity contribution >= 4 is 40.6 Å². The number of nitrogens with zero attached hydrogens (tertiary/aromatic N) is 2. The number of hydrogen-bond donors (Lipinski definition) is 2. The molecule has 2 N–H and O–H groups in total. The van der Waals surface area contributed by atoms with Crippen LogP contribution in [-0.4, -0.2) is 44.4 Å². The van der Waals surface area contributed by atoms with Gasteiger partial charge in [0, 0.05) is 12.2 Å². The quantitative estimate of drug-likeness (QED) is 0.906. The first-order valence-electron chi connectivity index (χ1n) is 7.32. The maximum atomic E-state index is 12.4. The standard InChI is InChI=1S/C15H18N4O2S/c1-2-5-13(20)19-9-22-8-12(19)14(21)18-15-16-10-6-3-4-7-11(10)17-15/h3-4,6-7,12H,2,5,8-9H2,1H3,(H2,16,17,18,21)/t12-/m1/s1. The Labute approximate surface area is 132 Å². The molecular formula is C15H18N4O2S. The van der Waals surface area contributed by atoms with Gasteiger partial charge in [-0.25, -0.2) is 4.98 Å². The minimum atomic E-state index is -0.419. The van der Waals surface area contributed by atoms with E-state index in [9.17, 15) is 9.59 Å². The average Bonchev–Trinajstić information content (AvgIpc) is 3.13. The molecule has 1 aliphatic rings. The van der Waals surface area contributed by atoms with Gasteiger partial charge in [0.25, 0.3) is 0 Å². The average molecular weight is 318 g/mol. The van der Waals surface area contributed by atoms with Gasteiger partial charge in [-0.05, 0) is 18.6 Å². The third-order valence-electron chi connectivity index (χ3n) is 3.60. The van der Waals surface area contributed by atoms with E-state index < -0.39 is 6.04 Å². The number of H-pyrrole nitrogens is 1. The molecule has 1 aromatic heterocycles. The molecule has 1 aliphatic heterocycles. The molecule has 0 aliphatic carbocycles. The van der Waals surface area contributed by atoms with E-state index in [1.54, 1.807) is 16.7 Å². The molecule has 3 rings (SSSR count). The van der Waals surface area contributed by atoms with E-state index in [0.29, 0.717) is 24.0 Å². The number of carbonyl (C=O) groups excluding carboxylic acids is 2. The number of para-hydroxylation sites is 2. The van der Waals surface area contributed by atoms with Crippen LogP contribution in [0.2, 0.25) is 0 Å². The highest BCUT2D eigenvalue weighted by molar-refractivity contribution is 7.99. The molecule has 1 fully saturated rings. The van der Waals surface area contributed by atoms with Crippen LogP contribution in [0.4, 0.5) is 5.95 Å². The molecule has 0 radical (unpaired) electrons. The molecule has 116 valence electrons. The number of aromatic nitrogens is 2. The van der Waals surface area contributed by atoms with E-state index in [4.69, 9.17) is 0 Å². The van der Waals surface area contributed by atoms with Crippen LogP contribution in [0.3, 0.4) is 0 Å². The van der Waals surface area contributed by atoms with Crippen molar-refractivity contribution in [2.75, 3.05) is 16.9 Å². The Kier molecular flexibility index (Phi) is 4.33. The van der Waals surface area contributed by atoms with E-state index in [0.717, 1.165) is 17.5 Å². The predicted molar refractivity (Wildman–Crippen MR) is 87.6 cm³/mol. The molecule has 0 saturated carbocycles. The molecule has 2 aromatic rings. The van der Waals surface area contributed by atoms with Gasteiger partial charge >= 0.3 is 0 Å². The summed E-state index contributed by atoms with van der Waals surface area (Å²) in [6.07, 6.45) is 1.27. The number of benzene rings is 1. The Balaban J connectivity index is 1.71. The summed E-state index contributed by atoms with van der Waals surface area (Å²) in [5.74, 6) is 1.48. The Hall–Kier alpha value is -2.02. The first-order valence-corrected chi connectivity index (χ1v) is 8.47. The van der Waals surface area contributed by atoms with Crippen LogP contribution >= 0.6 is 11.8 Å². The molecule has 22 heavy (non-hydrogen) atoms. The Morgan fingerprint density at radius 1 is 1.45 bits per heavy atom. The Morgan fingerprint density at radius 3 is 3.05 bits per heavy atom. The summed E-state index contributed by atoms with van der Waals surface area (Å²) >= 11 is 1.60. The number of hydrogen-bond acceptors (Lipinski definition) is 4. The van der Waals surface area contributed by atoms with Crippen molar-refractivity contribution in [3.63, 3.8) is 0 Å². The monoisotopic (exact) mass is 318 g/mol. The van der Waals surface area contributed by atoms with Gasteiger partial charge in [-0.2, -0.15) is 0 Å². The van der Waals surface area contributed by atoms with Crippen LogP contribution in [0.25, 0.3) is 11.0 Å². The number of rotatable bonds is 4. The zero-order valence-corrected chi connectivity index (χ0v) is 13.2. The maximum Gasteiger partial charge on any atom is 0.250 e. The van der Waals surface area contributed by atoms with Crippen LogP contribution in [0.15, 0.2) is 24.3 Å². The SMILES string of the molecule is CCCC(=O)N1CSC[C@@H]1C(=O)Nc1nc2ccccc2[nH]1. The Morgan fingerprint density at radius 2 is 2.27 bits per heavy atom. The zero-order valence-electron chi connectivity index (χ0n) is 12.3. The van der Waals surface area contributed by atoms with Crippen LogP contribution in [0.5, 0.6) is 0 Å². The lowest BCUT2D eigenvalue weighted by Crippen LogP contribution is -2.44. The summed E-state index contributed by atoms with van der Waals surface area (Å²) in [4.78, 5) is 33.6. The molecule has 0 spiro atoms. The van der Waals surface area contributed by atoms with E-state index in [-0.39, 0.29) is 11.8 Å². The molecule has 2 heterocycles. The van der Waals surface area contributed by atoms with Crippen molar-refractivity contribution < 1.29 is 9.59 Å². The van der Waals surface area contributed by atoms with Crippen molar-refractivity contribution in [1.29, 1.82) is 0 Å². The van der Waals surface area contributed by atoms with Crippen molar-refractivity contribution in [1.82, 2.24) is 14.9 Å². The second-order valence-electron chi connectivity index (χ2n) is 5.22. The maximum absolute atomic E-state index is 12.4. The fraction of sp³-hybridized carbons (Fsp3) is 0.400. The lowest BCUT2D eigenvalue weighted by molar-refractivity contribution is -0.136. The summed E-state index contributed by atoms with van der Waals surface area (Å²) in [5, 5.41) is 2.79. The number of amides is 2. The van der Waals surface area contributed by atoms with Gasteiger partial charge in [-0.3, -0.25) is 14.9 Å². The van der Waals surface area contributed by atoms with Crippen molar-refractivity contribution in [3.05, 3.63) is 24.3 Å². The number of fused-ring (bicyclic) bond motifs is 1. The number of thioether (sulfide) groups is 1. The van der Waals surface area contributed by atoms with Crippen molar-refractivity contribution in [2.24, 2.45) is 0 Å². The fourth-order valence-corrected chi connectivity index (χ4v) is 3.66. The molecule has 6 nitrogen and oxygen atoms in total. The molecular weight excluding hydrogens is 300 g/mol. The van der Waals surface area contributed by atoms with E-state index in [1.807, 2.05) is 31.2 Å². The van der Waals surface area contributed by atoms with E-state index >= 15 is 0 Å². The predicted octanol–water partition coefficient (Wildman–Crippen LogP) is 2.20. The number of imidazole rings is 1. The molecule has 1 aromatic carbocycles. The van der Waals surface area contributed by atoms with E-state index in [2.05, 4.69) is 15.3 Å². The third kappa shape index (κ3) is 2.94. The largest absolute Gasteiger partial charge is 0.324 e. The lowest BCUT2D eigenvalue weighted by Gasteiger charge is -2.22. The molecule has 0 bridgehead atoms. The molecule has 1 atom stereocenters. The van der Waals surface area contributed by atoms with Gasteiger partial charge < -0.3 is 9.88 Å². The zero-order chi connectivity index (χ0) is 15.5. The first-order chi connectivity index (χ1) is 10.7. The van der Waals surface area contributed by atoms with Gasteiger partial charge in [0.15, 0.2) is 0 Å². The van der Waals surface area contributed by atoms with Crippen LogP contribution in [0, 0.1) is 0 Å². The topological polar surface area (TPSA) is 78.1 Å². The highest BCUT2D eigenvalue weighted by Crippen LogP contribution is 2.23. The number of aromatic amines is 1. The number of carbonyl (C=O) groups is 2. The minimum absolute atomic E-state index is 0.0391.